The molecule has 0 fully saturated rings. The molecule has 0 aliphatic rings. The third-order valence-corrected chi connectivity index (χ3v) is 3.76. The molecule has 0 spiro atoms. The Kier molecular flexibility index (Phi) is 7.11. The van der Waals surface area contributed by atoms with Gasteiger partial charge in [-0.1, -0.05) is 6.92 Å². The van der Waals surface area contributed by atoms with Gasteiger partial charge >= 0.3 is 0 Å². The first kappa shape index (κ1) is 20.6. The summed E-state index contributed by atoms with van der Waals surface area (Å²) in [5.41, 5.74) is 6.55. The molecule has 2 rings (SSSR count). The predicted octanol–water partition coefficient (Wildman–Crippen LogP) is 3.02. The number of rotatable bonds is 5. The van der Waals surface area contributed by atoms with Crippen molar-refractivity contribution in [2.45, 2.75) is 13.3 Å². The van der Waals surface area contributed by atoms with Crippen LogP contribution in [0.3, 0.4) is 0 Å². The van der Waals surface area contributed by atoms with Gasteiger partial charge in [0.15, 0.2) is 0 Å². The summed E-state index contributed by atoms with van der Waals surface area (Å²) in [5.74, 6) is -2.55. The molecule has 2 aromatic rings. The summed E-state index contributed by atoms with van der Waals surface area (Å²) in [6.07, 6.45) is 0.219. The number of nitrogens with two attached hydrogens (primary N) is 1. The van der Waals surface area contributed by atoms with Crippen LogP contribution in [0, 0.1) is 17.6 Å². The average Bonchev–Trinajstić information content (AvgIpc) is 2.52. The fraction of sp³-hybridized carbons (Fsp3) is 0.222. The normalized spacial score (nSPS) is 11.4. The van der Waals surface area contributed by atoms with Crippen molar-refractivity contribution in [3.8, 4) is 0 Å². The average molecular weight is 366 g/mol. The Morgan fingerprint density at radius 1 is 1.08 bits per heavy atom. The zero-order valence-corrected chi connectivity index (χ0v) is 14.9. The van der Waals surface area contributed by atoms with Crippen molar-refractivity contribution in [1.82, 2.24) is 0 Å². The van der Waals surface area contributed by atoms with Gasteiger partial charge in [-0.25, -0.2) is 8.78 Å². The molecule has 2 N–H and O–H groups in total. The van der Waals surface area contributed by atoms with E-state index in [4.69, 9.17) is 5.73 Å². The fourth-order valence-corrected chi connectivity index (χ4v) is 2.48. The second kappa shape index (κ2) is 8.62. The van der Waals surface area contributed by atoms with Crippen molar-refractivity contribution in [2.24, 2.45) is 11.7 Å². The van der Waals surface area contributed by atoms with Crippen LogP contribution < -0.4 is 10.6 Å². The second-order valence-corrected chi connectivity index (χ2v) is 5.69. The minimum Gasteiger partial charge on any atom is -0.366 e. The molecule has 25 heavy (non-hydrogen) atoms. The first-order valence-corrected chi connectivity index (χ1v) is 7.40. The summed E-state index contributed by atoms with van der Waals surface area (Å²) in [5, 5.41) is 0. The lowest BCUT2D eigenvalue weighted by Crippen LogP contribution is -2.32. The minimum absolute atomic E-state index is 0. The third-order valence-electron chi connectivity index (χ3n) is 3.76. The van der Waals surface area contributed by atoms with Crippen molar-refractivity contribution < 1.29 is 18.4 Å². The number of amides is 2. The van der Waals surface area contributed by atoms with Gasteiger partial charge in [0.05, 0.1) is 0 Å². The highest BCUT2D eigenvalue weighted by atomic mass is 32.1. The van der Waals surface area contributed by atoms with E-state index in [9.17, 15) is 18.4 Å². The molecule has 0 radical (unpaired) electrons. The van der Waals surface area contributed by atoms with Gasteiger partial charge in [0, 0.05) is 30.3 Å². The highest BCUT2D eigenvalue weighted by Gasteiger charge is 2.20. The van der Waals surface area contributed by atoms with E-state index in [1.165, 1.54) is 29.2 Å². The van der Waals surface area contributed by atoms with Gasteiger partial charge in [-0.3, -0.25) is 9.59 Å². The number of benzene rings is 2. The molecule has 2 aromatic carbocycles. The molecule has 134 valence electrons. The van der Waals surface area contributed by atoms with Crippen LogP contribution in [0.25, 0.3) is 0 Å². The summed E-state index contributed by atoms with van der Waals surface area (Å²) in [6, 6.07) is 9.53. The van der Waals surface area contributed by atoms with Crippen LogP contribution in [0.15, 0.2) is 42.5 Å². The molecule has 7 heteroatoms. The number of carbonyl (C=O) groups is 2. The Labute approximate surface area is 152 Å². The van der Waals surface area contributed by atoms with Gasteiger partial charge in [0.25, 0.3) is 0 Å². The monoisotopic (exact) mass is 366 g/mol. The Bertz CT molecular complexity index is 746. The molecule has 1 atom stereocenters. The Balaban J connectivity index is 0.00000312. The zero-order chi connectivity index (χ0) is 17.9. The standard InChI is InChI=1S/C18H18F2N2O2.H2S/c1-11(7-12-8-14(19)10-15(20)9-12)18(24)22(2)16-5-3-13(4-6-16)17(21)23;/h3-6,8-11H,7H2,1-2H3,(H2,21,23);1H2/t11-;/m0./s1. The summed E-state index contributed by atoms with van der Waals surface area (Å²) < 4.78 is 26.5. The van der Waals surface area contributed by atoms with Crippen LogP contribution in [0.4, 0.5) is 14.5 Å². The number of hydrogen-bond donors (Lipinski definition) is 1. The van der Waals surface area contributed by atoms with Crippen LogP contribution in [0.2, 0.25) is 0 Å². The number of primary amides is 1. The van der Waals surface area contributed by atoms with Crippen LogP contribution in [-0.4, -0.2) is 18.9 Å². The number of halogens is 2. The van der Waals surface area contributed by atoms with E-state index in [1.807, 2.05) is 0 Å². The third kappa shape index (κ3) is 5.29. The van der Waals surface area contributed by atoms with Crippen molar-refractivity contribution in [3.05, 3.63) is 65.2 Å². The van der Waals surface area contributed by atoms with E-state index in [-0.39, 0.29) is 25.8 Å². The summed E-state index contributed by atoms with van der Waals surface area (Å²) in [4.78, 5) is 25.0. The van der Waals surface area contributed by atoms with Crippen molar-refractivity contribution >= 4 is 31.0 Å². The smallest absolute Gasteiger partial charge is 0.248 e. The van der Waals surface area contributed by atoms with Gasteiger partial charge in [-0.2, -0.15) is 13.5 Å². The van der Waals surface area contributed by atoms with E-state index in [1.54, 1.807) is 26.1 Å². The van der Waals surface area contributed by atoms with Gasteiger partial charge in [0.1, 0.15) is 11.6 Å². The van der Waals surface area contributed by atoms with Crippen LogP contribution in [0.5, 0.6) is 0 Å². The molecule has 0 saturated carbocycles. The van der Waals surface area contributed by atoms with E-state index in [2.05, 4.69) is 0 Å². The molecule has 0 heterocycles. The van der Waals surface area contributed by atoms with Gasteiger partial charge in [0.2, 0.25) is 11.8 Å². The van der Waals surface area contributed by atoms with Crippen molar-refractivity contribution in [3.63, 3.8) is 0 Å². The summed E-state index contributed by atoms with van der Waals surface area (Å²) in [6.45, 7) is 1.69. The number of carbonyl (C=O) groups excluding carboxylic acids is 2. The molecule has 0 unspecified atom stereocenters. The maximum atomic E-state index is 13.2. The lowest BCUT2D eigenvalue weighted by atomic mass is 9.99. The number of anilines is 1. The maximum Gasteiger partial charge on any atom is 0.248 e. The molecule has 0 saturated heterocycles. The molecule has 0 aliphatic carbocycles. The Morgan fingerprint density at radius 3 is 2.08 bits per heavy atom. The quantitative estimate of drug-likeness (QED) is 0.884. The van der Waals surface area contributed by atoms with Crippen LogP contribution in [0.1, 0.15) is 22.8 Å². The first-order chi connectivity index (χ1) is 11.3. The van der Waals surface area contributed by atoms with Gasteiger partial charge in [-0.15, -0.1) is 0 Å². The summed E-state index contributed by atoms with van der Waals surface area (Å²) in [7, 11) is 1.60. The summed E-state index contributed by atoms with van der Waals surface area (Å²) >= 11 is 0. The molecule has 0 aromatic heterocycles. The second-order valence-electron chi connectivity index (χ2n) is 5.69. The van der Waals surface area contributed by atoms with Crippen molar-refractivity contribution in [1.29, 1.82) is 0 Å². The molecular weight excluding hydrogens is 346 g/mol. The van der Waals surface area contributed by atoms with Gasteiger partial charge in [-0.05, 0) is 48.4 Å². The minimum atomic E-state index is -0.667. The highest BCUT2D eigenvalue weighted by molar-refractivity contribution is 7.59. The number of nitrogens with zero attached hydrogens (tertiary/aromatic N) is 1. The lowest BCUT2D eigenvalue weighted by molar-refractivity contribution is -0.121. The molecule has 0 bridgehead atoms. The van der Waals surface area contributed by atoms with E-state index >= 15 is 0 Å². The van der Waals surface area contributed by atoms with Crippen LogP contribution in [-0.2, 0) is 11.2 Å². The lowest BCUT2D eigenvalue weighted by Gasteiger charge is -2.22. The molecular formula is C18H20F2N2O2S. The Morgan fingerprint density at radius 2 is 1.60 bits per heavy atom. The number of hydrogen-bond acceptors (Lipinski definition) is 2. The van der Waals surface area contributed by atoms with E-state index in [0.29, 0.717) is 16.8 Å². The van der Waals surface area contributed by atoms with E-state index < -0.39 is 23.5 Å². The topological polar surface area (TPSA) is 63.4 Å². The first-order valence-electron chi connectivity index (χ1n) is 7.40. The molecule has 2 amide bonds. The fourth-order valence-electron chi connectivity index (χ4n) is 2.48. The Hall–Kier alpha value is -2.41. The SMILES string of the molecule is C[C@@H](Cc1cc(F)cc(F)c1)C(=O)N(C)c1ccc(C(N)=O)cc1.S. The van der Waals surface area contributed by atoms with Gasteiger partial charge < -0.3 is 10.6 Å². The van der Waals surface area contributed by atoms with E-state index in [0.717, 1.165) is 6.07 Å². The van der Waals surface area contributed by atoms with Crippen LogP contribution >= 0.6 is 13.5 Å². The molecule has 4 nitrogen and oxygen atoms in total. The maximum absolute atomic E-state index is 13.2. The highest BCUT2D eigenvalue weighted by Crippen LogP contribution is 2.19. The predicted molar refractivity (Wildman–Crippen MR) is 98.0 cm³/mol. The largest absolute Gasteiger partial charge is 0.366 e. The van der Waals surface area contributed by atoms with Crippen molar-refractivity contribution in [2.75, 3.05) is 11.9 Å². The molecule has 0 aliphatic heterocycles. The zero-order valence-electron chi connectivity index (χ0n) is 13.9.